The molecule has 0 spiro atoms. The Morgan fingerprint density at radius 3 is 2.21 bits per heavy atom. The molecular formula is C57H91N5O16. The number of aromatic nitrogens is 2. The number of ketones is 1. The molecule has 1 amide bonds. The van der Waals surface area contributed by atoms with Gasteiger partial charge in [-0.2, -0.15) is 0 Å². The second-order valence-corrected chi connectivity index (χ2v) is 23.4. The van der Waals surface area contributed by atoms with Gasteiger partial charge in [0, 0.05) is 76.5 Å². The number of fused-ring (bicyclic) bond motifs is 2. The van der Waals surface area contributed by atoms with E-state index in [-0.39, 0.29) is 42.8 Å². The number of hydrogen-bond donors (Lipinski definition) is 3. The van der Waals surface area contributed by atoms with E-state index in [4.69, 9.17) is 42.6 Å². The number of carbonyl (C=O) groups is 4. The highest BCUT2D eigenvalue weighted by Gasteiger charge is 2.58. The number of esters is 1. The predicted molar refractivity (Wildman–Crippen MR) is 289 cm³/mol. The van der Waals surface area contributed by atoms with E-state index in [0.717, 1.165) is 25.1 Å². The second-order valence-electron chi connectivity index (χ2n) is 23.4. The monoisotopic (exact) mass is 1100 g/mol. The maximum Gasteiger partial charge on any atom is 0.408 e. The molecule has 6 rings (SSSR count). The number of Topliss-reactive ketones (excluding diaryl/α,β-unsaturated/α-hetero) is 1. The molecule has 21 heteroatoms. The fraction of sp³-hybridized carbons (Fsp3) is 0.789. The number of cyclic esters (lactones) is 1. The lowest BCUT2D eigenvalue weighted by Crippen LogP contribution is -2.61. The molecule has 0 unspecified atom stereocenters. The largest absolute Gasteiger partial charge is 0.477 e. The van der Waals surface area contributed by atoms with Crippen molar-refractivity contribution in [1.29, 1.82) is 0 Å². The van der Waals surface area contributed by atoms with E-state index < -0.39 is 119 Å². The van der Waals surface area contributed by atoms with E-state index in [1.54, 1.807) is 51.8 Å². The summed E-state index contributed by atoms with van der Waals surface area (Å²) in [6.45, 7) is 22.6. The molecule has 4 aliphatic rings. The van der Waals surface area contributed by atoms with Crippen molar-refractivity contribution in [3.63, 3.8) is 0 Å². The molecule has 0 aromatic carbocycles. The van der Waals surface area contributed by atoms with Crippen LogP contribution in [-0.4, -0.2) is 193 Å². The van der Waals surface area contributed by atoms with Crippen LogP contribution in [0.2, 0.25) is 0 Å². The quantitative estimate of drug-likeness (QED) is 0.114. The molecule has 4 aliphatic heterocycles. The van der Waals surface area contributed by atoms with E-state index in [9.17, 15) is 34.2 Å². The maximum absolute atomic E-state index is 14.8. The minimum atomic E-state index is -1.39. The molecular weight excluding hydrogens is 1010 g/mol. The number of carboxylic acid groups (broad SMARTS) is 1. The van der Waals surface area contributed by atoms with Gasteiger partial charge in [-0.15, -0.1) is 0 Å². The molecule has 18 atom stereocenters. The van der Waals surface area contributed by atoms with Crippen molar-refractivity contribution >= 4 is 34.8 Å². The number of methoxy groups -OCH3 is 2. The summed E-state index contributed by atoms with van der Waals surface area (Å²) in [6, 6.07) is 0.623. The molecule has 2 aromatic heterocycles. The molecule has 440 valence electrons. The normalized spacial score (nSPS) is 37.2. The van der Waals surface area contributed by atoms with Crippen LogP contribution in [0, 0.1) is 23.7 Å². The number of amides is 1. The average Bonchev–Trinajstić information content (AvgIpc) is 3.79. The van der Waals surface area contributed by atoms with E-state index in [1.807, 2.05) is 81.4 Å². The summed E-state index contributed by atoms with van der Waals surface area (Å²) in [4.78, 5) is 75.9. The van der Waals surface area contributed by atoms with Crippen molar-refractivity contribution in [2.24, 2.45) is 23.7 Å². The van der Waals surface area contributed by atoms with Crippen LogP contribution in [0.25, 0.3) is 11.0 Å². The highest BCUT2D eigenvalue weighted by molar-refractivity contribution is 5.91. The number of alkyl carbamates (subject to hydrolysis) is 1. The molecule has 6 heterocycles. The standard InChI is InChI=1S/C57H91N5O16/c1-17-41-57(11)47(59-54(69)78-57)33(5)43(63)31(3)27-55(9,70-15)48(77-53-45(65)40(60(12)13)25-32(4)73-53)34(6)46(35(7)52(68)75-41)76-42-28-56(10,71-16)49(36(8)74-42)72-24-20-23-61(14)22-19-21-37-26-38-44(64)39(51(66)67)30-62(18-2)50(38)58-29-37/h26,29-36,40-42,45-49,53,65H,17-25,27-28H2,1-16H3,(H,59,69)(H,66,67)/t31-,32-,33+,34+,35-,36+,40+,41-,42+,45-,46+,47-,48-,49+,53+,55-,56-,57-/m1/s1. The highest BCUT2D eigenvalue weighted by atomic mass is 16.7. The third-order valence-corrected chi connectivity index (χ3v) is 17.4. The fourth-order valence-corrected chi connectivity index (χ4v) is 12.7. The molecule has 0 saturated carbocycles. The number of aliphatic hydroxyl groups excluding tert-OH is 1. The van der Waals surface area contributed by atoms with Crippen LogP contribution in [0.15, 0.2) is 23.3 Å². The first-order valence-corrected chi connectivity index (χ1v) is 28.0. The first-order chi connectivity index (χ1) is 36.7. The number of pyridine rings is 2. The number of nitrogens with zero attached hydrogens (tertiary/aromatic N) is 4. The Balaban J connectivity index is 1.20. The Kier molecular flexibility index (Phi) is 21.2. The van der Waals surface area contributed by atoms with Crippen LogP contribution in [0.1, 0.15) is 131 Å². The SMILES string of the molecule is CC[C@H]1OC(=O)[C@H](C)[C@@H](O[C@H]2C[C@@](C)(OC)[C@@H](OCCCN(C)CCCc3cnc4c(c3)c(=O)c(C(=O)O)cn4CC)[C@H](C)O2)[C@H](C)[C@@H](O[C@@H]2O[C@H](C)C[C@H](N(C)C)[C@H]2O)[C@](C)(OC)C[C@@H](C)C(=O)[C@H](C)[C@H]2NC(=O)O[C@@]21C. The third kappa shape index (κ3) is 13.6. The summed E-state index contributed by atoms with van der Waals surface area (Å²) in [5.74, 6) is -5.16. The number of ether oxygens (including phenoxy) is 9. The van der Waals surface area contributed by atoms with Gasteiger partial charge in [-0.25, -0.2) is 14.6 Å². The predicted octanol–water partition coefficient (Wildman–Crippen LogP) is 5.60. The number of nitrogens with one attached hydrogen (secondary N) is 1. The summed E-state index contributed by atoms with van der Waals surface area (Å²) in [6.07, 6.45) is -1.69. The maximum atomic E-state index is 14.8. The zero-order chi connectivity index (χ0) is 57.8. The molecule has 0 radical (unpaired) electrons. The van der Waals surface area contributed by atoms with Crippen LogP contribution in [-0.2, 0) is 65.2 Å². The molecule has 0 bridgehead atoms. The zero-order valence-corrected chi connectivity index (χ0v) is 49.1. The van der Waals surface area contributed by atoms with Gasteiger partial charge in [-0.1, -0.05) is 27.7 Å². The molecule has 21 nitrogen and oxygen atoms in total. The highest BCUT2D eigenvalue weighted by Crippen LogP contribution is 2.43. The summed E-state index contributed by atoms with van der Waals surface area (Å²) < 4.78 is 60.4. The lowest BCUT2D eigenvalue weighted by Gasteiger charge is -2.50. The van der Waals surface area contributed by atoms with Crippen molar-refractivity contribution < 1.29 is 72.0 Å². The molecule has 4 fully saturated rings. The number of aromatic carboxylic acids is 1. The number of carboxylic acids is 1. The topological polar surface area (TPSA) is 245 Å². The number of hydrogen-bond acceptors (Lipinski definition) is 18. The van der Waals surface area contributed by atoms with Crippen molar-refractivity contribution in [3.8, 4) is 0 Å². The van der Waals surface area contributed by atoms with Crippen molar-refractivity contribution in [2.75, 3.05) is 55.1 Å². The molecule has 2 aromatic rings. The fourth-order valence-electron chi connectivity index (χ4n) is 12.7. The molecule has 78 heavy (non-hydrogen) atoms. The van der Waals surface area contributed by atoms with Gasteiger partial charge in [0.05, 0.1) is 53.0 Å². The first kappa shape index (κ1) is 63.0. The van der Waals surface area contributed by atoms with Gasteiger partial charge in [0.1, 0.15) is 35.3 Å². The van der Waals surface area contributed by atoms with Crippen LogP contribution < -0.4 is 10.7 Å². The molecule has 0 aliphatic carbocycles. The summed E-state index contributed by atoms with van der Waals surface area (Å²) in [7, 11) is 8.99. The van der Waals surface area contributed by atoms with Crippen molar-refractivity contribution in [3.05, 3.63) is 39.8 Å². The van der Waals surface area contributed by atoms with E-state index in [2.05, 4.69) is 15.2 Å². The zero-order valence-electron chi connectivity index (χ0n) is 49.1. The molecule has 4 saturated heterocycles. The summed E-state index contributed by atoms with van der Waals surface area (Å²) >= 11 is 0. The Morgan fingerprint density at radius 2 is 1.58 bits per heavy atom. The van der Waals surface area contributed by atoms with Gasteiger partial charge >= 0.3 is 18.0 Å². The lowest BCUT2D eigenvalue weighted by atomic mass is 9.73. The van der Waals surface area contributed by atoms with Gasteiger partial charge in [-0.3, -0.25) is 14.4 Å². The van der Waals surface area contributed by atoms with E-state index in [0.29, 0.717) is 43.4 Å². The second kappa shape index (κ2) is 26.2. The minimum absolute atomic E-state index is 0.149. The Labute approximate surface area is 460 Å². The minimum Gasteiger partial charge on any atom is -0.477 e. The Bertz CT molecular complexity index is 2460. The Hall–Kier alpha value is -4.16. The third-order valence-electron chi connectivity index (χ3n) is 17.4. The summed E-state index contributed by atoms with van der Waals surface area (Å²) in [5.41, 5.74) is -3.06. The first-order valence-electron chi connectivity index (χ1n) is 28.0. The summed E-state index contributed by atoms with van der Waals surface area (Å²) in [5, 5.41) is 24.6. The Morgan fingerprint density at radius 1 is 0.910 bits per heavy atom. The van der Waals surface area contributed by atoms with E-state index in [1.165, 1.54) is 6.20 Å². The van der Waals surface area contributed by atoms with Crippen molar-refractivity contribution in [1.82, 2.24) is 24.7 Å². The van der Waals surface area contributed by atoms with Gasteiger partial charge in [-0.05, 0) is 126 Å². The van der Waals surface area contributed by atoms with Crippen LogP contribution in [0.5, 0.6) is 0 Å². The number of likely N-dealkylation sites (N-methyl/N-ethyl adjacent to an activating group) is 1. The van der Waals surface area contributed by atoms with Gasteiger partial charge in [0.25, 0.3) is 0 Å². The smallest absolute Gasteiger partial charge is 0.408 e. The van der Waals surface area contributed by atoms with Gasteiger partial charge < -0.3 is 72.5 Å². The number of carbonyl (C=O) groups excluding carboxylic acids is 3. The van der Waals surface area contributed by atoms with Crippen LogP contribution >= 0.6 is 0 Å². The average molecular weight is 1100 g/mol. The number of rotatable bonds is 19. The number of aryl methyl sites for hydroxylation is 2. The lowest BCUT2D eigenvalue weighted by molar-refractivity contribution is -0.322. The van der Waals surface area contributed by atoms with Crippen LogP contribution in [0.4, 0.5) is 4.79 Å². The van der Waals surface area contributed by atoms with Crippen molar-refractivity contribution in [2.45, 2.75) is 212 Å². The van der Waals surface area contributed by atoms with Gasteiger partial charge in [0.15, 0.2) is 18.2 Å². The van der Waals surface area contributed by atoms with Gasteiger partial charge in [0.2, 0.25) is 5.43 Å². The van der Waals surface area contributed by atoms with E-state index >= 15 is 0 Å². The van der Waals surface area contributed by atoms with Crippen LogP contribution in [0.3, 0.4) is 0 Å². The number of aliphatic hydroxyl groups is 1. The molecule has 3 N–H and O–H groups in total.